The van der Waals surface area contributed by atoms with Crippen molar-refractivity contribution in [3.8, 4) is 0 Å². The first-order chi connectivity index (χ1) is 14.4. The van der Waals surface area contributed by atoms with Crippen LogP contribution in [0.2, 0.25) is 0 Å². The highest BCUT2D eigenvalue weighted by Crippen LogP contribution is 2.19. The molecule has 8 nitrogen and oxygen atoms in total. The van der Waals surface area contributed by atoms with E-state index in [-0.39, 0.29) is 29.2 Å². The number of nitrogens with one attached hydrogen (secondary N) is 3. The molecule has 0 saturated carbocycles. The van der Waals surface area contributed by atoms with E-state index in [4.69, 9.17) is 4.74 Å². The summed E-state index contributed by atoms with van der Waals surface area (Å²) in [5.74, 6) is -1.08. The summed E-state index contributed by atoms with van der Waals surface area (Å²) in [7, 11) is -4.02. The van der Waals surface area contributed by atoms with Crippen molar-refractivity contribution in [1.29, 1.82) is 0 Å². The third-order valence-corrected chi connectivity index (χ3v) is 5.29. The number of ether oxygens (including phenoxy) is 1. The molecule has 2 rings (SSSR count). The maximum Gasteiger partial charge on any atom is 0.407 e. The minimum absolute atomic E-state index is 0.149. The van der Waals surface area contributed by atoms with Gasteiger partial charge in [-0.25, -0.2) is 17.6 Å². The molecular formula is C21H26FN3O5S. The van der Waals surface area contributed by atoms with Gasteiger partial charge in [-0.05, 0) is 63.6 Å². The topological polar surface area (TPSA) is 114 Å². The average Bonchev–Trinajstić information content (AvgIpc) is 2.65. The molecule has 0 spiro atoms. The molecule has 3 N–H and O–H groups in total. The number of alkyl carbamates (subject to hydrolysis) is 1. The van der Waals surface area contributed by atoms with Crippen molar-refractivity contribution in [2.45, 2.75) is 38.2 Å². The zero-order valence-electron chi connectivity index (χ0n) is 17.8. The van der Waals surface area contributed by atoms with Crippen LogP contribution in [0.3, 0.4) is 0 Å². The lowest BCUT2D eigenvalue weighted by Gasteiger charge is -2.19. The van der Waals surface area contributed by atoms with Crippen LogP contribution in [0.1, 0.15) is 36.7 Å². The van der Waals surface area contributed by atoms with Gasteiger partial charge in [0.1, 0.15) is 11.4 Å². The number of benzene rings is 2. The largest absolute Gasteiger partial charge is 0.444 e. The number of aryl methyl sites for hydroxylation is 1. The van der Waals surface area contributed by atoms with Crippen LogP contribution in [0.4, 0.5) is 14.9 Å². The molecule has 2 amide bonds. The number of halogens is 1. The highest BCUT2D eigenvalue weighted by Gasteiger charge is 2.17. The normalized spacial score (nSPS) is 11.5. The Morgan fingerprint density at radius 2 is 1.71 bits per heavy atom. The number of sulfonamides is 1. The standard InChI is InChI=1S/C21H26FN3O5S/c1-14-8-9-17(13-18(14)22)31(28,29)25-16-7-5-6-15(12-16)19(26)23-10-11-24-20(27)30-21(2,3)4/h5-9,12-13,25H,10-11H2,1-4H3,(H,23,26)(H,24,27). The van der Waals surface area contributed by atoms with Crippen molar-refractivity contribution in [2.75, 3.05) is 17.8 Å². The van der Waals surface area contributed by atoms with E-state index in [2.05, 4.69) is 15.4 Å². The number of hydrogen-bond acceptors (Lipinski definition) is 5. The molecule has 0 aromatic heterocycles. The van der Waals surface area contributed by atoms with Crippen LogP contribution >= 0.6 is 0 Å². The zero-order valence-corrected chi connectivity index (χ0v) is 18.6. The summed E-state index contributed by atoms with van der Waals surface area (Å²) in [6.07, 6.45) is -0.592. The Balaban J connectivity index is 1.95. The van der Waals surface area contributed by atoms with Crippen molar-refractivity contribution in [1.82, 2.24) is 10.6 Å². The van der Waals surface area contributed by atoms with Gasteiger partial charge in [-0.15, -0.1) is 0 Å². The van der Waals surface area contributed by atoms with E-state index in [9.17, 15) is 22.4 Å². The number of amides is 2. The molecule has 168 valence electrons. The van der Waals surface area contributed by atoms with E-state index >= 15 is 0 Å². The second kappa shape index (κ2) is 9.78. The second-order valence-corrected chi connectivity index (χ2v) is 9.46. The zero-order chi connectivity index (χ0) is 23.2. The second-order valence-electron chi connectivity index (χ2n) is 7.78. The number of carbonyl (C=O) groups is 2. The van der Waals surface area contributed by atoms with Gasteiger partial charge in [0.15, 0.2) is 0 Å². The Morgan fingerprint density at radius 1 is 1.03 bits per heavy atom. The quantitative estimate of drug-likeness (QED) is 0.560. The maximum absolute atomic E-state index is 13.7. The number of anilines is 1. The Labute approximate surface area is 181 Å². The summed E-state index contributed by atoms with van der Waals surface area (Å²) in [4.78, 5) is 23.7. The van der Waals surface area contributed by atoms with Gasteiger partial charge in [-0.1, -0.05) is 12.1 Å². The van der Waals surface area contributed by atoms with Crippen molar-refractivity contribution in [2.24, 2.45) is 0 Å². The fourth-order valence-corrected chi connectivity index (χ4v) is 3.50. The van der Waals surface area contributed by atoms with Gasteiger partial charge in [0, 0.05) is 24.3 Å². The molecule has 0 aliphatic heterocycles. The van der Waals surface area contributed by atoms with Crippen LogP contribution < -0.4 is 15.4 Å². The van der Waals surface area contributed by atoms with E-state index in [0.29, 0.717) is 5.56 Å². The minimum atomic E-state index is -4.02. The Kier molecular flexibility index (Phi) is 7.61. The highest BCUT2D eigenvalue weighted by molar-refractivity contribution is 7.92. The smallest absolute Gasteiger partial charge is 0.407 e. The third-order valence-electron chi connectivity index (χ3n) is 3.91. The lowest BCUT2D eigenvalue weighted by atomic mass is 10.2. The molecule has 0 radical (unpaired) electrons. The first-order valence-electron chi connectivity index (χ1n) is 9.51. The fourth-order valence-electron chi connectivity index (χ4n) is 2.44. The summed E-state index contributed by atoms with van der Waals surface area (Å²) in [5, 5.41) is 5.13. The summed E-state index contributed by atoms with van der Waals surface area (Å²) >= 11 is 0. The molecule has 10 heteroatoms. The number of carbonyl (C=O) groups excluding carboxylic acids is 2. The molecule has 0 atom stereocenters. The summed E-state index contributed by atoms with van der Waals surface area (Å²) < 4.78 is 46.1. The van der Waals surface area contributed by atoms with Gasteiger partial charge < -0.3 is 15.4 Å². The van der Waals surface area contributed by atoms with Gasteiger partial charge in [0.2, 0.25) is 0 Å². The van der Waals surface area contributed by atoms with Crippen molar-refractivity contribution < 1.29 is 27.1 Å². The molecule has 0 heterocycles. The van der Waals surface area contributed by atoms with Gasteiger partial charge in [0.25, 0.3) is 15.9 Å². The SMILES string of the molecule is Cc1ccc(S(=O)(=O)Nc2cccc(C(=O)NCCNC(=O)OC(C)(C)C)c2)cc1F. The van der Waals surface area contributed by atoms with Crippen molar-refractivity contribution >= 4 is 27.7 Å². The van der Waals surface area contributed by atoms with Gasteiger partial charge >= 0.3 is 6.09 Å². The summed E-state index contributed by atoms with van der Waals surface area (Å²) in [6, 6.07) is 9.48. The minimum Gasteiger partial charge on any atom is -0.444 e. The molecule has 2 aromatic rings. The van der Waals surface area contributed by atoms with E-state index < -0.39 is 33.4 Å². The molecule has 0 saturated heterocycles. The number of rotatable bonds is 7. The van der Waals surface area contributed by atoms with E-state index in [1.54, 1.807) is 20.8 Å². The Hall–Kier alpha value is -3.14. The first-order valence-corrected chi connectivity index (χ1v) is 11.0. The van der Waals surface area contributed by atoms with E-state index in [0.717, 1.165) is 6.07 Å². The molecule has 0 bridgehead atoms. The molecule has 31 heavy (non-hydrogen) atoms. The average molecular weight is 452 g/mol. The van der Waals surface area contributed by atoms with E-state index in [1.165, 1.54) is 43.3 Å². The molecule has 0 aliphatic carbocycles. The first kappa shape index (κ1) is 24.1. The predicted molar refractivity (Wildman–Crippen MR) is 115 cm³/mol. The summed E-state index contributed by atoms with van der Waals surface area (Å²) in [6.45, 7) is 7.06. The molecule has 0 aliphatic rings. The fraction of sp³-hybridized carbons (Fsp3) is 0.333. The highest BCUT2D eigenvalue weighted by atomic mass is 32.2. The third kappa shape index (κ3) is 7.56. The molecule has 0 unspecified atom stereocenters. The van der Waals surface area contributed by atoms with Crippen LogP contribution in [0.5, 0.6) is 0 Å². The lowest BCUT2D eigenvalue weighted by molar-refractivity contribution is 0.0526. The molecule has 2 aromatic carbocycles. The van der Waals surface area contributed by atoms with Gasteiger partial charge in [-0.3, -0.25) is 9.52 Å². The Morgan fingerprint density at radius 3 is 2.35 bits per heavy atom. The van der Waals surface area contributed by atoms with Crippen molar-refractivity contribution in [3.63, 3.8) is 0 Å². The molecular weight excluding hydrogens is 425 g/mol. The van der Waals surface area contributed by atoms with Crippen LogP contribution in [-0.4, -0.2) is 39.1 Å². The van der Waals surface area contributed by atoms with Crippen LogP contribution in [0.15, 0.2) is 47.4 Å². The lowest BCUT2D eigenvalue weighted by Crippen LogP contribution is -2.37. The predicted octanol–water partition coefficient (Wildman–Crippen LogP) is 3.19. The van der Waals surface area contributed by atoms with Crippen LogP contribution in [-0.2, 0) is 14.8 Å². The van der Waals surface area contributed by atoms with Gasteiger partial charge in [0.05, 0.1) is 4.90 Å². The van der Waals surface area contributed by atoms with Crippen LogP contribution in [0, 0.1) is 12.7 Å². The number of hydrogen-bond donors (Lipinski definition) is 3. The summed E-state index contributed by atoms with van der Waals surface area (Å²) in [5.41, 5.74) is 0.0812. The van der Waals surface area contributed by atoms with Gasteiger partial charge in [-0.2, -0.15) is 0 Å². The monoisotopic (exact) mass is 451 g/mol. The Bertz CT molecular complexity index is 1060. The molecule has 0 fully saturated rings. The maximum atomic E-state index is 13.7. The van der Waals surface area contributed by atoms with E-state index in [1.807, 2.05) is 0 Å². The van der Waals surface area contributed by atoms with Crippen LogP contribution in [0.25, 0.3) is 0 Å². The van der Waals surface area contributed by atoms with Crippen molar-refractivity contribution in [3.05, 3.63) is 59.4 Å².